The molecule has 0 aliphatic rings. The summed E-state index contributed by atoms with van der Waals surface area (Å²) in [5.41, 5.74) is 1.77. The minimum Gasteiger partial charge on any atom is -0.360 e. The molecule has 0 radical (unpaired) electrons. The maximum absolute atomic E-state index is 12.5. The maximum atomic E-state index is 12.5. The summed E-state index contributed by atoms with van der Waals surface area (Å²) in [5.74, 6) is 1.73. The van der Waals surface area contributed by atoms with Crippen LogP contribution in [0.3, 0.4) is 0 Å². The van der Waals surface area contributed by atoms with Crippen LogP contribution >= 0.6 is 11.6 Å². The molecule has 2 N–H and O–H groups in total. The van der Waals surface area contributed by atoms with Crippen molar-refractivity contribution < 1.29 is 9.32 Å². The molecule has 128 valence electrons. The lowest BCUT2D eigenvalue weighted by atomic mass is 10.2. The van der Waals surface area contributed by atoms with Gasteiger partial charge in [-0.2, -0.15) is 0 Å². The molecule has 0 atom stereocenters. The van der Waals surface area contributed by atoms with Crippen molar-refractivity contribution in [2.45, 2.75) is 20.8 Å². The van der Waals surface area contributed by atoms with Crippen LogP contribution in [0.2, 0.25) is 5.02 Å². The first kappa shape index (κ1) is 16.9. The van der Waals surface area contributed by atoms with E-state index in [9.17, 15) is 4.79 Å². The number of hydrogen-bond donors (Lipinski definition) is 2. The lowest BCUT2D eigenvalue weighted by molar-refractivity contribution is 0.102. The fourth-order valence-corrected chi connectivity index (χ4v) is 2.39. The third-order valence-corrected chi connectivity index (χ3v) is 3.64. The Morgan fingerprint density at radius 3 is 2.60 bits per heavy atom. The second kappa shape index (κ2) is 6.90. The van der Waals surface area contributed by atoms with Crippen LogP contribution in [0.25, 0.3) is 0 Å². The van der Waals surface area contributed by atoms with Gasteiger partial charge in [-0.3, -0.25) is 4.79 Å². The first-order valence-electron chi connectivity index (χ1n) is 7.54. The summed E-state index contributed by atoms with van der Waals surface area (Å²) in [4.78, 5) is 21.0. The van der Waals surface area contributed by atoms with Gasteiger partial charge in [0.05, 0.1) is 0 Å². The van der Waals surface area contributed by atoms with Gasteiger partial charge in [-0.05, 0) is 38.5 Å². The van der Waals surface area contributed by atoms with Gasteiger partial charge in [-0.25, -0.2) is 9.97 Å². The summed E-state index contributed by atoms with van der Waals surface area (Å²) in [6.07, 6.45) is 0. The highest BCUT2D eigenvalue weighted by Gasteiger charge is 2.13. The molecule has 1 aromatic carbocycles. The Bertz CT molecular complexity index is 939. The zero-order valence-corrected chi connectivity index (χ0v) is 14.7. The third-order valence-electron chi connectivity index (χ3n) is 3.40. The van der Waals surface area contributed by atoms with E-state index in [1.54, 1.807) is 38.1 Å². The van der Waals surface area contributed by atoms with E-state index < -0.39 is 0 Å². The number of amides is 1. The van der Waals surface area contributed by atoms with Gasteiger partial charge in [0.1, 0.15) is 23.1 Å². The minimum absolute atomic E-state index is 0.231. The molecule has 0 saturated carbocycles. The third kappa shape index (κ3) is 4.13. The Kier molecular flexibility index (Phi) is 4.67. The molecule has 0 aliphatic carbocycles. The number of aryl methyl sites for hydroxylation is 3. The van der Waals surface area contributed by atoms with Gasteiger partial charge in [0, 0.05) is 22.8 Å². The van der Waals surface area contributed by atoms with Crippen LogP contribution in [0.15, 0.2) is 34.9 Å². The Labute approximate surface area is 149 Å². The van der Waals surface area contributed by atoms with Crippen molar-refractivity contribution in [2.24, 2.45) is 0 Å². The van der Waals surface area contributed by atoms with Crippen molar-refractivity contribution in [1.82, 2.24) is 15.1 Å². The molecule has 0 bridgehead atoms. The predicted octanol–water partition coefficient (Wildman–Crippen LogP) is 4.04. The zero-order valence-electron chi connectivity index (χ0n) is 13.9. The first-order chi connectivity index (χ1) is 11.9. The maximum Gasteiger partial charge on any atom is 0.274 e. The number of anilines is 3. The average molecular weight is 358 g/mol. The summed E-state index contributed by atoms with van der Waals surface area (Å²) < 4.78 is 5.00. The quantitative estimate of drug-likeness (QED) is 0.732. The van der Waals surface area contributed by atoms with E-state index in [4.69, 9.17) is 16.1 Å². The summed E-state index contributed by atoms with van der Waals surface area (Å²) in [6, 6.07) is 8.57. The number of aromatic nitrogens is 3. The average Bonchev–Trinajstić information content (AvgIpc) is 2.95. The molecular formula is C17H16ClN5O2. The Morgan fingerprint density at radius 1 is 1.08 bits per heavy atom. The second-order valence-electron chi connectivity index (χ2n) is 5.55. The molecule has 8 heteroatoms. The predicted molar refractivity (Wildman–Crippen MR) is 95.4 cm³/mol. The van der Waals surface area contributed by atoms with Gasteiger partial charge in [0.15, 0.2) is 5.82 Å². The molecule has 3 rings (SSSR count). The van der Waals surface area contributed by atoms with Crippen LogP contribution in [0, 0.1) is 20.8 Å². The topological polar surface area (TPSA) is 92.9 Å². The number of rotatable bonds is 4. The van der Waals surface area contributed by atoms with Crippen molar-refractivity contribution in [3.63, 3.8) is 0 Å². The molecule has 2 heterocycles. The fourth-order valence-electron chi connectivity index (χ4n) is 2.22. The zero-order chi connectivity index (χ0) is 18.0. The van der Waals surface area contributed by atoms with Gasteiger partial charge >= 0.3 is 0 Å². The van der Waals surface area contributed by atoms with Crippen molar-refractivity contribution in [2.75, 3.05) is 10.6 Å². The number of benzene rings is 1. The Hall–Kier alpha value is -2.93. The van der Waals surface area contributed by atoms with Gasteiger partial charge < -0.3 is 15.2 Å². The first-order valence-corrected chi connectivity index (χ1v) is 7.92. The van der Waals surface area contributed by atoms with E-state index in [-0.39, 0.29) is 11.6 Å². The van der Waals surface area contributed by atoms with Crippen molar-refractivity contribution >= 4 is 34.8 Å². The van der Waals surface area contributed by atoms with Gasteiger partial charge in [-0.1, -0.05) is 22.8 Å². The van der Waals surface area contributed by atoms with E-state index in [1.165, 1.54) is 0 Å². The molecule has 2 aromatic heterocycles. The highest BCUT2D eigenvalue weighted by molar-refractivity contribution is 6.31. The molecule has 0 fully saturated rings. The molecule has 0 aliphatic heterocycles. The summed E-state index contributed by atoms with van der Waals surface area (Å²) in [7, 11) is 0. The van der Waals surface area contributed by atoms with Crippen LogP contribution in [0.1, 0.15) is 27.6 Å². The monoisotopic (exact) mass is 357 g/mol. The second-order valence-corrected chi connectivity index (χ2v) is 5.98. The lowest BCUT2D eigenvalue weighted by Gasteiger charge is -2.10. The number of carbonyl (C=O) groups excluding carboxylic acids is 1. The summed E-state index contributed by atoms with van der Waals surface area (Å²) in [6.45, 7) is 5.38. The van der Waals surface area contributed by atoms with Crippen LogP contribution < -0.4 is 10.6 Å². The smallest absolute Gasteiger partial charge is 0.274 e. The molecule has 25 heavy (non-hydrogen) atoms. The lowest BCUT2D eigenvalue weighted by Crippen LogP contribution is -2.16. The van der Waals surface area contributed by atoms with Crippen LogP contribution in [-0.2, 0) is 0 Å². The van der Waals surface area contributed by atoms with Crippen LogP contribution in [0.4, 0.5) is 17.3 Å². The van der Waals surface area contributed by atoms with Crippen molar-refractivity contribution in [1.29, 1.82) is 0 Å². The van der Waals surface area contributed by atoms with Crippen molar-refractivity contribution in [3.8, 4) is 0 Å². The highest BCUT2D eigenvalue weighted by Crippen LogP contribution is 2.21. The van der Waals surface area contributed by atoms with Gasteiger partial charge in [0.25, 0.3) is 5.91 Å². The molecule has 1 amide bonds. The van der Waals surface area contributed by atoms with Crippen molar-refractivity contribution in [3.05, 3.63) is 58.2 Å². The van der Waals surface area contributed by atoms with E-state index in [0.717, 1.165) is 5.56 Å². The van der Waals surface area contributed by atoms with E-state index in [2.05, 4.69) is 25.8 Å². The van der Waals surface area contributed by atoms with E-state index >= 15 is 0 Å². The molecule has 7 nitrogen and oxygen atoms in total. The largest absolute Gasteiger partial charge is 0.360 e. The minimum atomic E-state index is -0.352. The molecule has 0 spiro atoms. The normalized spacial score (nSPS) is 10.6. The van der Waals surface area contributed by atoms with Crippen LogP contribution in [-0.4, -0.2) is 21.0 Å². The highest BCUT2D eigenvalue weighted by atomic mass is 35.5. The summed E-state index contributed by atoms with van der Waals surface area (Å²) in [5, 5.41) is 10.2. The van der Waals surface area contributed by atoms with Crippen LogP contribution in [0.5, 0.6) is 0 Å². The fraction of sp³-hybridized carbons (Fsp3) is 0.176. The Balaban J connectivity index is 1.83. The number of halogens is 1. The standard InChI is InChI=1S/C17H16ClN5O2/c1-9-4-5-12(18)7-13(9)21-17(24)14-8-15(20-11(3)19-14)22-16-6-10(2)25-23-16/h4-8H,1-3H3,(H,21,24)(H,19,20,22,23). The number of carbonyl (C=O) groups is 1. The Morgan fingerprint density at radius 2 is 1.88 bits per heavy atom. The summed E-state index contributed by atoms with van der Waals surface area (Å²) >= 11 is 5.99. The number of hydrogen-bond acceptors (Lipinski definition) is 6. The SMILES string of the molecule is Cc1nc(Nc2cc(C)on2)cc(C(=O)Nc2cc(Cl)ccc2C)n1. The van der Waals surface area contributed by atoms with E-state index in [0.29, 0.717) is 33.9 Å². The number of nitrogens with zero attached hydrogens (tertiary/aromatic N) is 3. The molecular weight excluding hydrogens is 342 g/mol. The molecule has 0 saturated heterocycles. The van der Waals surface area contributed by atoms with E-state index in [1.807, 2.05) is 13.0 Å². The van der Waals surface area contributed by atoms with Gasteiger partial charge in [0.2, 0.25) is 0 Å². The van der Waals surface area contributed by atoms with Gasteiger partial charge in [-0.15, -0.1) is 0 Å². The molecule has 0 unspecified atom stereocenters. The molecule has 3 aromatic rings. The number of nitrogens with one attached hydrogen (secondary N) is 2.